The summed E-state index contributed by atoms with van der Waals surface area (Å²) in [6.07, 6.45) is -8.92. The quantitative estimate of drug-likeness (QED) is 0.294. The minimum atomic E-state index is -2.14. The maximum absolute atomic E-state index is 15.0. The van der Waals surface area contributed by atoms with Crippen LogP contribution in [-0.4, -0.2) is 81.2 Å². The Morgan fingerprint density at radius 3 is 2.46 bits per heavy atom. The van der Waals surface area contributed by atoms with Crippen molar-refractivity contribution in [1.29, 1.82) is 0 Å². The summed E-state index contributed by atoms with van der Waals surface area (Å²) in [4.78, 5) is 39.6. The van der Waals surface area contributed by atoms with Crippen molar-refractivity contribution in [2.45, 2.75) is 69.1 Å². The number of phenolic OH excluding ortho intramolecular Hbond substituents is 2. The molecule has 1 heterocycles. The Bertz CT molecular complexity index is 1410. The molecule has 1 saturated heterocycles. The van der Waals surface area contributed by atoms with Gasteiger partial charge in [-0.25, -0.2) is 4.39 Å². The summed E-state index contributed by atoms with van der Waals surface area (Å²) in [6.45, 7) is 2.60. The standard InChI is InChI=1S/C27H28FNO10/c1-9-20(29)25(35)19(28)26(38-9)39-14-8-27(36,10(2)30)7-12-16(14)24(34)18-17(22(12)32)21(31)11-5-4-6-13(37-3)15(11)23(18)33/h4-6,9,14,19-20,25-26,32,34-36H,7-8,29H2,1-3H3/t9?,14-,19?,20?,25?,26?,27-/m0/s1. The fraction of sp³-hybridized carbons (Fsp3) is 0.444. The van der Waals surface area contributed by atoms with E-state index in [0.717, 1.165) is 6.92 Å². The molecule has 0 radical (unpaired) electrons. The summed E-state index contributed by atoms with van der Waals surface area (Å²) >= 11 is 0. The highest BCUT2D eigenvalue weighted by atomic mass is 19.1. The topological polar surface area (TPSA) is 186 Å². The average Bonchev–Trinajstić information content (AvgIpc) is 2.90. The van der Waals surface area contributed by atoms with Gasteiger partial charge < -0.3 is 40.4 Å². The first kappa shape index (κ1) is 27.2. The number of halogens is 1. The molecule has 1 fully saturated rings. The number of hydrogen-bond donors (Lipinski definition) is 5. The molecular formula is C27H28FNO10. The van der Waals surface area contributed by atoms with Crippen molar-refractivity contribution in [3.63, 3.8) is 0 Å². The van der Waals surface area contributed by atoms with Crippen LogP contribution in [0.2, 0.25) is 0 Å². The van der Waals surface area contributed by atoms with Gasteiger partial charge in [-0.3, -0.25) is 14.4 Å². The van der Waals surface area contributed by atoms with Crippen molar-refractivity contribution in [2.24, 2.45) is 5.73 Å². The van der Waals surface area contributed by atoms with Gasteiger partial charge in [0, 0.05) is 29.5 Å². The molecule has 11 nitrogen and oxygen atoms in total. The SMILES string of the molecule is COc1cccc2c1C(=O)c1c(O)c3c(c(O)c1C2=O)C[C@@](O)(C(C)=O)C[C@@H]3OC1OC(C)C(N)C(O)C1F. The van der Waals surface area contributed by atoms with Crippen LogP contribution in [0, 0.1) is 0 Å². The van der Waals surface area contributed by atoms with E-state index < -0.39 is 95.2 Å². The smallest absolute Gasteiger partial charge is 0.202 e. The molecule has 0 bridgehead atoms. The first-order valence-electron chi connectivity index (χ1n) is 12.3. The number of alkyl halides is 1. The molecule has 2 aromatic rings. The van der Waals surface area contributed by atoms with Gasteiger partial charge in [0.05, 0.1) is 42.0 Å². The normalized spacial score (nSPS) is 31.8. The molecule has 0 saturated carbocycles. The Balaban J connectivity index is 1.70. The molecule has 3 aliphatic rings. The number of carbonyl (C=O) groups is 3. The summed E-state index contributed by atoms with van der Waals surface area (Å²) in [7, 11) is 1.30. The van der Waals surface area contributed by atoms with Crippen molar-refractivity contribution >= 4 is 17.3 Å². The van der Waals surface area contributed by atoms with Crippen LogP contribution < -0.4 is 10.5 Å². The Morgan fingerprint density at radius 2 is 1.82 bits per heavy atom. The molecule has 6 N–H and O–H groups in total. The average molecular weight is 546 g/mol. The van der Waals surface area contributed by atoms with Gasteiger partial charge in [0.1, 0.15) is 29.0 Å². The van der Waals surface area contributed by atoms with Gasteiger partial charge in [-0.1, -0.05) is 12.1 Å². The number of ketones is 3. The maximum atomic E-state index is 15.0. The highest BCUT2D eigenvalue weighted by molar-refractivity contribution is 6.31. The Kier molecular flexibility index (Phi) is 6.51. The van der Waals surface area contributed by atoms with Crippen molar-refractivity contribution in [3.8, 4) is 17.2 Å². The van der Waals surface area contributed by atoms with E-state index in [2.05, 4.69) is 0 Å². The molecule has 5 rings (SSSR count). The van der Waals surface area contributed by atoms with Gasteiger partial charge >= 0.3 is 0 Å². The van der Waals surface area contributed by atoms with Gasteiger partial charge in [0.25, 0.3) is 0 Å². The fourth-order valence-corrected chi connectivity index (χ4v) is 5.60. The molecule has 2 aromatic carbocycles. The van der Waals surface area contributed by atoms with Crippen LogP contribution in [0.4, 0.5) is 4.39 Å². The minimum absolute atomic E-state index is 0.0675. The minimum Gasteiger partial charge on any atom is -0.507 e. The predicted molar refractivity (Wildman–Crippen MR) is 131 cm³/mol. The van der Waals surface area contributed by atoms with Gasteiger partial charge in [-0.2, -0.15) is 0 Å². The lowest BCUT2D eigenvalue weighted by Gasteiger charge is -2.43. The Hall–Kier alpha value is -3.42. The largest absolute Gasteiger partial charge is 0.507 e. The number of ether oxygens (including phenoxy) is 3. The zero-order chi connectivity index (χ0) is 28.5. The van der Waals surface area contributed by atoms with E-state index in [4.69, 9.17) is 19.9 Å². The summed E-state index contributed by atoms with van der Waals surface area (Å²) in [5.41, 5.74) is 1.98. The van der Waals surface area contributed by atoms with Crippen LogP contribution in [0.5, 0.6) is 17.2 Å². The molecule has 208 valence electrons. The monoisotopic (exact) mass is 545 g/mol. The number of nitrogens with two attached hydrogens (primary N) is 1. The number of rotatable bonds is 4. The number of aromatic hydroxyl groups is 2. The second-order valence-electron chi connectivity index (χ2n) is 10.2. The summed E-state index contributed by atoms with van der Waals surface area (Å²) < 4.78 is 31.6. The number of hydrogen-bond acceptors (Lipinski definition) is 11. The van der Waals surface area contributed by atoms with Crippen LogP contribution in [0.25, 0.3) is 0 Å². The maximum Gasteiger partial charge on any atom is 0.202 e. The van der Waals surface area contributed by atoms with Crippen LogP contribution >= 0.6 is 0 Å². The number of fused-ring (bicyclic) bond motifs is 3. The van der Waals surface area contributed by atoms with E-state index in [-0.39, 0.29) is 28.0 Å². The second-order valence-corrected chi connectivity index (χ2v) is 10.2. The number of aliphatic hydroxyl groups is 2. The fourth-order valence-electron chi connectivity index (χ4n) is 5.60. The van der Waals surface area contributed by atoms with E-state index in [0.29, 0.717) is 0 Å². The summed E-state index contributed by atoms with van der Waals surface area (Å²) in [6, 6.07) is 3.26. The van der Waals surface area contributed by atoms with Crippen molar-refractivity contribution < 1.29 is 53.4 Å². The summed E-state index contributed by atoms with van der Waals surface area (Å²) in [5.74, 6) is -3.70. The van der Waals surface area contributed by atoms with E-state index in [1.807, 2.05) is 0 Å². The number of carbonyl (C=O) groups excluding carboxylic acids is 3. The molecular weight excluding hydrogens is 517 g/mol. The Labute approximate surface area is 221 Å². The molecule has 0 spiro atoms. The van der Waals surface area contributed by atoms with Gasteiger partial charge in [-0.05, 0) is 19.9 Å². The molecule has 12 heteroatoms. The number of phenols is 2. The third-order valence-electron chi connectivity index (χ3n) is 7.90. The first-order chi connectivity index (χ1) is 18.3. The van der Waals surface area contributed by atoms with Gasteiger partial charge in [0.2, 0.25) is 5.78 Å². The van der Waals surface area contributed by atoms with Crippen molar-refractivity contribution in [1.82, 2.24) is 0 Å². The van der Waals surface area contributed by atoms with E-state index in [1.165, 1.54) is 32.2 Å². The predicted octanol–water partition coefficient (Wildman–Crippen LogP) is 0.977. The third kappa shape index (κ3) is 3.94. The first-order valence-corrected chi connectivity index (χ1v) is 12.3. The second kappa shape index (κ2) is 9.35. The highest BCUT2D eigenvalue weighted by Crippen LogP contribution is 2.52. The number of Topliss-reactive ketones (excluding diaryl/α,β-unsaturated/α-hetero) is 1. The highest BCUT2D eigenvalue weighted by Gasteiger charge is 2.51. The lowest BCUT2D eigenvalue weighted by molar-refractivity contribution is -0.273. The lowest BCUT2D eigenvalue weighted by atomic mass is 9.72. The number of benzene rings is 2. The van der Waals surface area contributed by atoms with Crippen LogP contribution in [0.1, 0.15) is 69.3 Å². The Morgan fingerprint density at radius 1 is 1.15 bits per heavy atom. The van der Waals surface area contributed by atoms with E-state index in [9.17, 15) is 34.8 Å². The van der Waals surface area contributed by atoms with Crippen LogP contribution in [0.3, 0.4) is 0 Å². The molecule has 7 atom stereocenters. The molecule has 5 unspecified atom stereocenters. The summed E-state index contributed by atoms with van der Waals surface area (Å²) in [5, 5.41) is 44.1. The van der Waals surface area contributed by atoms with Crippen molar-refractivity contribution in [2.75, 3.05) is 7.11 Å². The molecule has 0 aromatic heterocycles. The van der Waals surface area contributed by atoms with Gasteiger partial charge in [0.15, 0.2) is 24.0 Å². The molecule has 39 heavy (non-hydrogen) atoms. The molecule has 0 amide bonds. The van der Waals surface area contributed by atoms with Crippen LogP contribution in [0.15, 0.2) is 18.2 Å². The lowest BCUT2D eigenvalue weighted by Crippen LogP contribution is -2.59. The van der Waals surface area contributed by atoms with E-state index in [1.54, 1.807) is 0 Å². The molecule has 2 aliphatic carbocycles. The zero-order valence-corrected chi connectivity index (χ0v) is 21.3. The van der Waals surface area contributed by atoms with E-state index >= 15 is 4.39 Å². The number of methoxy groups -OCH3 is 1. The zero-order valence-electron chi connectivity index (χ0n) is 21.3. The molecule has 1 aliphatic heterocycles. The number of aliphatic hydroxyl groups excluding tert-OH is 1. The van der Waals surface area contributed by atoms with Crippen LogP contribution in [-0.2, 0) is 20.7 Å². The van der Waals surface area contributed by atoms with Crippen molar-refractivity contribution in [3.05, 3.63) is 51.6 Å². The third-order valence-corrected chi connectivity index (χ3v) is 7.90. The van der Waals surface area contributed by atoms with Gasteiger partial charge in [-0.15, -0.1) is 0 Å².